The first-order chi connectivity index (χ1) is 18.6. The minimum atomic E-state index is -1.31. The second-order valence-corrected chi connectivity index (χ2v) is 9.85. The van der Waals surface area contributed by atoms with Gasteiger partial charge >= 0.3 is 5.97 Å². The summed E-state index contributed by atoms with van der Waals surface area (Å²) in [5, 5.41) is 21.0. The first kappa shape index (κ1) is 28.3. The van der Waals surface area contributed by atoms with E-state index in [2.05, 4.69) is 16.8 Å². The number of nitrogens with zero attached hydrogens (tertiary/aromatic N) is 2. The average Bonchev–Trinajstić information content (AvgIpc) is 2.90. The number of piperidine rings is 1. The molecule has 1 saturated heterocycles. The number of ether oxygens (including phenoxy) is 1. The minimum Gasteiger partial charge on any atom is -0.497 e. The molecule has 3 aromatic rings. The normalized spacial score (nSPS) is 15.9. The number of benzene rings is 2. The number of carboxylic acids is 1. The first-order valence-corrected chi connectivity index (χ1v) is 12.5. The molecule has 2 heterocycles. The number of aromatic nitrogens is 1. The van der Waals surface area contributed by atoms with Gasteiger partial charge in [-0.05, 0) is 68.5 Å². The van der Waals surface area contributed by atoms with Gasteiger partial charge in [-0.2, -0.15) is 0 Å². The summed E-state index contributed by atoms with van der Waals surface area (Å²) in [4.78, 5) is 17.7. The number of hydrogen-bond acceptors (Lipinski definition) is 5. The number of pyridine rings is 1. The van der Waals surface area contributed by atoms with Crippen molar-refractivity contribution in [3.8, 4) is 17.6 Å². The van der Waals surface area contributed by atoms with Crippen molar-refractivity contribution in [2.45, 2.75) is 38.2 Å². The van der Waals surface area contributed by atoms with E-state index in [-0.39, 0.29) is 30.5 Å². The number of carbonyl (C=O) groups is 1. The zero-order valence-corrected chi connectivity index (χ0v) is 21.3. The standard InChI is InChI=1S/C29H28F4N2O4/c1-39-20-4-5-24-21(15-20)27(23(32)17-34-24)25(36)6-7-29(16-26(37)38)8-11-35(12-9-29)10-2-3-18-13-19(30)14-22(31)28(18)33/h4-5,13-15,17,25,36H,6-12,16H2,1H3,(H,37,38)/t25-/m1/s1. The van der Waals surface area contributed by atoms with E-state index in [1.165, 1.54) is 7.11 Å². The van der Waals surface area contributed by atoms with Gasteiger partial charge < -0.3 is 14.9 Å². The third-order valence-electron chi connectivity index (χ3n) is 7.31. The number of rotatable bonds is 8. The zero-order chi connectivity index (χ0) is 28.2. The Balaban J connectivity index is 1.44. The van der Waals surface area contributed by atoms with Gasteiger partial charge in [-0.15, -0.1) is 0 Å². The lowest BCUT2D eigenvalue weighted by atomic mass is 9.71. The number of aliphatic hydroxyl groups excluding tert-OH is 1. The summed E-state index contributed by atoms with van der Waals surface area (Å²) in [5.41, 5.74) is -0.391. The highest BCUT2D eigenvalue weighted by Crippen LogP contribution is 2.42. The van der Waals surface area contributed by atoms with E-state index in [0.717, 1.165) is 12.3 Å². The van der Waals surface area contributed by atoms with Gasteiger partial charge in [0.1, 0.15) is 17.4 Å². The van der Waals surface area contributed by atoms with Crippen LogP contribution in [0, 0.1) is 40.5 Å². The lowest BCUT2D eigenvalue weighted by molar-refractivity contribution is -0.141. The first-order valence-electron chi connectivity index (χ1n) is 12.5. The van der Waals surface area contributed by atoms with Crippen LogP contribution >= 0.6 is 0 Å². The summed E-state index contributed by atoms with van der Waals surface area (Å²) in [6.45, 7) is 1.18. The molecule has 1 aliphatic rings. The maximum absolute atomic E-state index is 14.8. The summed E-state index contributed by atoms with van der Waals surface area (Å²) >= 11 is 0. The molecule has 0 amide bonds. The van der Waals surface area contributed by atoms with Gasteiger partial charge in [0, 0.05) is 17.0 Å². The highest BCUT2D eigenvalue weighted by molar-refractivity contribution is 5.84. The Hall–Kier alpha value is -3.68. The Bertz CT molecular complexity index is 1430. The Labute approximate surface area is 223 Å². The quantitative estimate of drug-likeness (QED) is 0.230. The van der Waals surface area contributed by atoms with Crippen LogP contribution in [0.2, 0.25) is 0 Å². The smallest absolute Gasteiger partial charge is 0.303 e. The zero-order valence-electron chi connectivity index (χ0n) is 21.3. The fraction of sp³-hybridized carbons (Fsp3) is 0.379. The Morgan fingerprint density at radius 3 is 2.59 bits per heavy atom. The SMILES string of the molecule is COc1ccc2ncc(F)c([C@H](O)CCC3(CC(=O)O)CCN(CC#Cc4cc(F)cc(F)c4F)CC3)c2c1. The van der Waals surface area contributed by atoms with Crippen LogP contribution in [0.3, 0.4) is 0 Å². The van der Waals surface area contributed by atoms with Gasteiger partial charge in [0.05, 0.1) is 43.5 Å². The number of methoxy groups -OCH3 is 1. The fourth-order valence-corrected chi connectivity index (χ4v) is 5.14. The number of hydrogen-bond donors (Lipinski definition) is 2. The van der Waals surface area contributed by atoms with Gasteiger partial charge in [-0.3, -0.25) is 14.7 Å². The Morgan fingerprint density at radius 2 is 1.90 bits per heavy atom. The van der Waals surface area contributed by atoms with Crippen LogP contribution < -0.4 is 4.74 Å². The van der Waals surface area contributed by atoms with Crippen molar-refractivity contribution in [1.29, 1.82) is 0 Å². The van der Waals surface area contributed by atoms with E-state index >= 15 is 0 Å². The van der Waals surface area contributed by atoms with Crippen molar-refractivity contribution in [3.05, 3.63) is 70.9 Å². The van der Waals surface area contributed by atoms with Crippen LogP contribution in [-0.2, 0) is 4.79 Å². The topological polar surface area (TPSA) is 82.9 Å². The molecule has 0 aliphatic carbocycles. The molecule has 2 aromatic carbocycles. The fourth-order valence-electron chi connectivity index (χ4n) is 5.14. The molecule has 39 heavy (non-hydrogen) atoms. The number of aliphatic hydroxyl groups is 1. The molecule has 1 aliphatic heterocycles. The van der Waals surface area contributed by atoms with Crippen LogP contribution in [0.5, 0.6) is 5.75 Å². The number of likely N-dealkylation sites (tertiary alicyclic amines) is 1. The second-order valence-electron chi connectivity index (χ2n) is 9.85. The van der Waals surface area contributed by atoms with E-state index in [9.17, 15) is 32.6 Å². The predicted octanol–water partition coefficient (Wildman–Crippen LogP) is 5.22. The average molecular weight is 545 g/mol. The molecule has 0 unspecified atom stereocenters. The van der Waals surface area contributed by atoms with Crippen molar-refractivity contribution < 1.29 is 37.3 Å². The van der Waals surface area contributed by atoms with E-state index in [1.54, 1.807) is 18.2 Å². The molecule has 10 heteroatoms. The van der Waals surface area contributed by atoms with Gasteiger partial charge in [0.15, 0.2) is 11.6 Å². The number of halogens is 4. The van der Waals surface area contributed by atoms with Crippen molar-refractivity contribution in [3.63, 3.8) is 0 Å². The van der Waals surface area contributed by atoms with E-state index in [4.69, 9.17) is 4.74 Å². The minimum absolute atomic E-state index is 0.0955. The summed E-state index contributed by atoms with van der Waals surface area (Å²) in [7, 11) is 1.48. The van der Waals surface area contributed by atoms with Crippen molar-refractivity contribution in [2.75, 3.05) is 26.7 Å². The summed E-state index contributed by atoms with van der Waals surface area (Å²) in [6.07, 6.45) is 1.24. The summed E-state index contributed by atoms with van der Waals surface area (Å²) < 4.78 is 60.6. The molecule has 1 fully saturated rings. The molecule has 0 spiro atoms. The van der Waals surface area contributed by atoms with Gasteiger partial charge in [-0.1, -0.05) is 11.8 Å². The predicted molar refractivity (Wildman–Crippen MR) is 136 cm³/mol. The summed E-state index contributed by atoms with van der Waals surface area (Å²) in [5.74, 6) is 0.618. The molecular formula is C29H28F4N2O4. The lowest BCUT2D eigenvalue weighted by Gasteiger charge is -2.41. The third kappa shape index (κ3) is 6.67. The van der Waals surface area contributed by atoms with Crippen LogP contribution in [0.25, 0.3) is 10.9 Å². The molecule has 0 bridgehead atoms. The van der Waals surface area contributed by atoms with Gasteiger partial charge in [-0.25, -0.2) is 17.6 Å². The maximum Gasteiger partial charge on any atom is 0.303 e. The molecular weight excluding hydrogens is 516 g/mol. The molecule has 206 valence electrons. The van der Waals surface area contributed by atoms with E-state index < -0.39 is 40.8 Å². The van der Waals surface area contributed by atoms with Crippen LogP contribution in [0.4, 0.5) is 17.6 Å². The van der Waals surface area contributed by atoms with Crippen molar-refractivity contribution in [1.82, 2.24) is 9.88 Å². The number of fused-ring (bicyclic) bond motifs is 1. The highest BCUT2D eigenvalue weighted by atomic mass is 19.2. The van der Waals surface area contributed by atoms with Gasteiger partial charge in [0.2, 0.25) is 0 Å². The summed E-state index contributed by atoms with van der Waals surface area (Å²) in [6, 6.07) is 6.26. The van der Waals surface area contributed by atoms with Crippen LogP contribution in [0.15, 0.2) is 36.5 Å². The third-order valence-corrected chi connectivity index (χ3v) is 7.31. The molecule has 2 N–H and O–H groups in total. The molecule has 0 saturated carbocycles. The van der Waals surface area contributed by atoms with Crippen molar-refractivity contribution >= 4 is 16.9 Å². The molecule has 0 radical (unpaired) electrons. The number of carboxylic acid groups (broad SMARTS) is 1. The number of aliphatic carboxylic acids is 1. The molecule has 1 atom stereocenters. The second kappa shape index (κ2) is 12.0. The maximum atomic E-state index is 14.8. The Kier molecular flexibility index (Phi) is 8.73. The molecule has 6 nitrogen and oxygen atoms in total. The van der Waals surface area contributed by atoms with E-state index in [1.807, 2.05) is 4.90 Å². The van der Waals surface area contributed by atoms with E-state index in [0.29, 0.717) is 55.1 Å². The largest absolute Gasteiger partial charge is 0.497 e. The van der Waals surface area contributed by atoms with Crippen LogP contribution in [0.1, 0.15) is 49.3 Å². The van der Waals surface area contributed by atoms with Crippen LogP contribution in [-0.4, -0.2) is 52.8 Å². The Morgan fingerprint density at radius 1 is 1.15 bits per heavy atom. The van der Waals surface area contributed by atoms with Crippen molar-refractivity contribution in [2.24, 2.45) is 5.41 Å². The lowest BCUT2D eigenvalue weighted by Crippen LogP contribution is -2.41. The highest BCUT2D eigenvalue weighted by Gasteiger charge is 2.37. The molecule has 4 rings (SSSR count). The van der Waals surface area contributed by atoms with Gasteiger partial charge in [0.25, 0.3) is 0 Å². The monoisotopic (exact) mass is 544 g/mol. The molecule has 1 aromatic heterocycles.